The van der Waals surface area contributed by atoms with Gasteiger partial charge in [-0.1, -0.05) is 32.9 Å². The van der Waals surface area contributed by atoms with Crippen LogP contribution in [0.4, 0.5) is 0 Å². The molecule has 4 nitrogen and oxygen atoms in total. The van der Waals surface area contributed by atoms with Gasteiger partial charge in [0.2, 0.25) is 0 Å². The number of carbonyl (C=O) groups excluding carboxylic acids is 1. The zero-order chi connectivity index (χ0) is 21.7. The Bertz CT molecular complexity index is 857. The molecule has 158 valence electrons. The van der Waals surface area contributed by atoms with Gasteiger partial charge in [-0.15, -0.1) is 0 Å². The van der Waals surface area contributed by atoms with Crippen molar-refractivity contribution in [2.24, 2.45) is 0 Å². The Hall–Kier alpha value is -2.49. The SMILES string of the molecule is CC[C@@H](Oc1cccc(C)c1C)C(=O)N[C@@H](C)c1cc(C(C)C)c(OC)cc1C. The molecule has 29 heavy (non-hydrogen) atoms. The predicted octanol–water partition coefficient (Wildman–Crippen LogP) is 5.78. The molecule has 2 rings (SSSR count). The van der Waals surface area contributed by atoms with Gasteiger partial charge in [0.1, 0.15) is 11.5 Å². The van der Waals surface area contributed by atoms with Crippen molar-refractivity contribution < 1.29 is 14.3 Å². The second kappa shape index (κ2) is 9.82. The van der Waals surface area contributed by atoms with E-state index >= 15 is 0 Å². The minimum Gasteiger partial charge on any atom is -0.496 e. The minimum absolute atomic E-state index is 0.0952. The molecule has 0 aliphatic rings. The van der Waals surface area contributed by atoms with Gasteiger partial charge in [0.15, 0.2) is 6.10 Å². The van der Waals surface area contributed by atoms with E-state index in [9.17, 15) is 4.79 Å². The zero-order valence-electron chi connectivity index (χ0n) is 19.1. The predicted molar refractivity (Wildman–Crippen MR) is 119 cm³/mol. The molecule has 0 spiro atoms. The highest BCUT2D eigenvalue weighted by Crippen LogP contribution is 2.32. The van der Waals surface area contributed by atoms with Gasteiger partial charge in [0.05, 0.1) is 13.2 Å². The van der Waals surface area contributed by atoms with Crippen LogP contribution in [0, 0.1) is 20.8 Å². The van der Waals surface area contributed by atoms with E-state index in [1.54, 1.807) is 7.11 Å². The zero-order valence-corrected chi connectivity index (χ0v) is 19.1. The van der Waals surface area contributed by atoms with Crippen LogP contribution in [-0.2, 0) is 4.79 Å². The maximum Gasteiger partial charge on any atom is 0.261 e. The number of amides is 1. The molecule has 0 saturated carbocycles. The second-order valence-corrected chi connectivity index (χ2v) is 8.05. The summed E-state index contributed by atoms with van der Waals surface area (Å²) < 4.78 is 11.6. The summed E-state index contributed by atoms with van der Waals surface area (Å²) in [5.74, 6) is 1.90. The number of benzene rings is 2. The third kappa shape index (κ3) is 5.31. The second-order valence-electron chi connectivity index (χ2n) is 8.05. The maximum atomic E-state index is 13.0. The fourth-order valence-corrected chi connectivity index (χ4v) is 3.52. The Labute approximate surface area is 175 Å². The van der Waals surface area contributed by atoms with E-state index in [-0.39, 0.29) is 11.9 Å². The van der Waals surface area contributed by atoms with Crippen molar-refractivity contribution in [3.63, 3.8) is 0 Å². The molecular formula is C25H35NO3. The number of aryl methyl sites for hydroxylation is 2. The van der Waals surface area contributed by atoms with Gasteiger partial charge < -0.3 is 14.8 Å². The highest BCUT2D eigenvalue weighted by atomic mass is 16.5. The van der Waals surface area contributed by atoms with E-state index in [0.717, 1.165) is 39.3 Å². The van der Waals surface area contributed by atoms with Crippen molar-refractivity contribution in [3.05, 3.63) is 58.1 Å². The molecule has 0 saturated heterocycles. The van der Waals surface area contributed by atoms with Gasteiger partial charge >= 0.3 is 0 Å². The summed E-state index contributed by atoms with van der Waals surface area (Å²) in [7, 11) is 1.70. The maximum absolute atomic E-state index is 13.0. The summed E-state index contributed by atoms with van der Waals surface area (Å²) in [6.45, 7) is 14.4. The van der Waals surface area contributed by atoms with Crippen LogP contribution in [0.15, 0.2) is 30.3 Å². The van der Waals surface area contributed by atoms with Gasteiger partial charge in [-0.05, 0) is 86.1 Å². The lowest BCUT2D eigenvalue weighted by atomic mass is 9.93. The van der Waals surface area contributed by atoms with Crippen LogP contribution >= 0.6 is 0 Å². The lowest BCUT2D eigenvalue weighted by molar-refractivity contribution is -0.128. The standard InChI is InChI=1S/C25H35NO3/c1-9-22(29-23-12-10-11-16(4)18(23)6)25(27)26-19(7)21-14-20(15(2)3)24(28-8)13-17(21)5/h10-15,19,22H,9H2,1-8H3,(H,26,27)/t19-,22+/m0/s1. The Morgan fingerprint density at radius 1 is 1.00 bits per heavy atom. The highest BCUT2D eigenvalue weighted by Gasteiger charge is 2.23. The number of ether oxygens (including phenoxy) is 2. The first-order chi connectivity index (χ1) is 13.7. The number of methoxy groups -OCH3 is 1. The van der Waals surface area contributed by atoms with E-state index < -0.39 is 6.10 Å². The summed E-state index contributed by atoms with van der Waals surface area (Å²) in [5.41, 5.74) is 5.57. The molecule has 0 aliphatic heterocycles. The molecule has 1 N–H and O–H groups in total. The summed E-state index contributed by atoms with van der Waals surface area (Å²) in [4.78, 5) is 13.0. The highest BCUT2D eigenvalue weighted by molar-refractivity contribution is 5.81. The molecule has 2 aromatic rings. The van der Waals surface area contributed by atoms with Crippen LogP contribution < -0.4 is 14.8 Å². The largest absolute Gasteiger partial charge is 0.496 e. The first kappa shape index (κ1) is 22.8. The number of hydrogen-bond acceptors (Lipinski definition) is 3. The third-order valence-corrected chi connectivity index (χ3v) is 5.55. The van der Waals surface area contributed by atoms with Gasteiger partial charge in [0, 0.05) is 0 Å². The normalized spacial score (nSPS) is 13.1. The van der Waals surface area contributed by atoms with Crippen molar-refractivity contribution >= 4 is 5.91 Å². The molecule has 4 heteroatoms. The molecule has 0 aromatic heterocycles. The van der Waals surface area contributed by atoms with Crippen molar-refractivity contribution in [1.29, 1.82) is 0 Å². The van der Waals surface area contributed by atoms with E-state index in [0.29, 0.717) is 12.3 Å². The Balaban J connectivity index is 2.20. The molecule has 2 atom stereocenters. The van der Waals surface area contributed by atoms with E-state index in [2.05, 4.69) is 38.2 Å². The lowest BCUT2D eigenvalue weighted by Gasteiger charge is -2.24. The average Bonchev–Trinajstić information content (AvgIpc) is 2.68. The van der Waals surface area contributed by atoms with Crippen LogP contribution in [0.5, 0.6) is 11.5 Å². The molecule has 0 heterocycles. The molecule has 0 radical (unpaired) electrons. The van der Waals surface area contributed by atoms with Crippen LogP contribution in [0.1, 0.15) is 73.9 Å². The third-order valence-electron chi connectivity index (χ3n) is 5.55. The lowest BCUT2D eigenvalue weighted by Crippen LogP contribution is -2.39. The Morgan fingerprint density at radius 2 is 1.69 bits per heavy atom. The van der Waals surface area contributed by atoms with Gasteiger partial charge in [0.25, 0.3) is 5.91 Å². The van der Waals surface area contributed by atoms with E-state index in [1.807, 2.05) is 45.9 Å². The van der Waals surface area contributed by atoms with Crippen molar-refractivity contribution in [2.45, 2.75) is 73.0 Å². The fraction of sp³-hybridized carbons (Fsp3) is 0.480. The van der Waals surface area contributed by atoms with Crippen LogP contribution in [0.2, 0.25) is 0 Å². The molecule has 0 fully saturated rings. The molecule has 1 amide bonds. The molecule has 0 unspecified atom stereocenters. The van der Waals surface area contributed by atoms with Crippen molar-refractivity contribution in [3.8, 4) is 11.5 Å². The molecular weight excluding hydrogens is 362 g/mol. The van der Waals surface area contributed by atoms with Crippen LogP contribution in [0.25, 0.3) is 0 Å². The molecule has 0 aliphatic carbocycles. The van der Waals surface area contributed by atoms with Crippen molar-refractivity contribution in [1.82, 2.24) is 5.32 Å². The first-order valence-corrected chi connectivity index (χ1v) is 10.4. The van der Waals surface area contributed by atoms with Crippen LogP contribution in [0.3, 0.4) is 0 Å². The number of carbonyl (C=O) groups is 1. The Morgan fingerprint density at radius 3 is 2.28 bits per heavy atom. The minimum atomic E-state index is -0.527. The monoisotopic (exact) mass is 397 g/mol. The van der Waals surface area contributed by atoms with Crippen LogP contribution in [-0.4, -0.2) is 19.1 Å². The quantitative estimate of drug-likeness (QED) is 0.614. The summed E-state index contributed by atoms with van der Waals surface area (Å²) in [6.07, 6.45) is 0.0752. The summed E-state index contributed by atoms with van der Waals surface area (Å²) in [5, 5.41) is 3.14. The topological polar surface area (TPSA) is 47.6 Å². The van der Waals surface area contributed by atoms with E-state index in [4.69, 9.17) is 9.47 Å². The average molecular weight is 398 g/mol. The Kier molecular flexibility index (Phi) is 7.72. The van der Waals surface area contributed by atoms with E-state index in [1.165, 1.54) is 0 Å². The van der Waals surface area contributed by atoms with Gasteiger partial charge in [-0.25, -0.2) is 0 Å². The van der Waals surface area contributed by atoms with Gasteiger partial charge in [-0.2, -0.15) is 0 Å². The summed E-state index contributed by atoms with van der Waals surface area (Å²) in [6, 6.07) is 10.0. The molecule has 0 bridgehead atoms. The first-order valence-electron chi connectivity index (χ1n) is 10.4. The number of hydrogen-bond donors (Lipinski definition) is 1. The smallest absolute Gasteiger partial charge is 0.261 e. The number of rotatable bonds is 8. The fourth-order valence-electron chi connectivity index (χ4n) is 3.52. The van der Waals surface area contributed by atoms with Gasteiger partial charge in [-0.3, -0.25) is 4.79 Å². The summed E-state index contributed by atoms with van der Waals surface area (Å²) >= 11 is 0. The molecule has 2 aromatic carbocycles. The number of nitrogens with one attached hydrogen (secondary N) is 1. The van der Waals surface area contributed by atoms with Crippen molar-refractivity contribution in [2.75, 3.05) is 7.11 Å².